The third-order valence-corrected chi connectivity index (χ3v) is 6.35. The van der Waals surface area contributed by atoms with Gasteiger partial charge in [0.1, 0.15) is 11.4 Å². The van der Waals surface area contributed by atoms with E-state index in [1.165, 1.54) is 10.5 Å². The molecule has 0 saturated carbocycles. The maximum Gasteiger partial charge on any atom is 0.171 e. The Kier molecular flexibility index (Phi) is 6.30. The number of thiocarbonyl (C=S) groups is 1. The zero-order valence-electron chi connectivity index (χ0n) is 17.2. The first-order valence-electron chi connectivity index (χ1n) is 10.1. The molecular formula is C25H26N2OS2. The molecule has 0 saturated heterocycles. The molecule has 0 amide bonds. The van der Waals surface area contributed by atoms with Gasteiger partial charge in [-0.05, 0) is 62.0 Å². The van der Waals surface area contributed by atoms with Crippen molar-refractivity contribution in [1.29, 1.82) is 0 Å². The Hall–Kier alpha value is -2.50. The first-order valence-corrected chi connectivity index (χ1v) is 11.5. The van der Waals surface area contributed by atoms with Crippen molar-refractivity contribution in [3.63, 3.8) is 0 Å². The average molecular weight is 435 g/mol. The summed E-state index contributed by atoms with van der Waals surface area (Å²) >= 11 is 7.44. The smallest absolute Gasteiger partial charge is 0.171 e. The Bertz CT molecular complexity index is 1000. The molecule has 1 aliphatic rings. The van der Waals surface area contributed by atoms with E-state index in [0.29, 0.717) is 5.11 Å². The van der Waals surface area contributed by atoms with Gasteiger partial charge in [0.05, 0.1) is 6.04 Å². The zero-order chi connectivity index (χ0) is 21.0. The van der Waals surface area contributed by atoms with Gasteiger partial charge >= 0.3 is 0 Å². The summed E-state index contributed by atoms with van der Waals surface area (Å²) in [6.07, 6.45) is 0.849. The monoisotopic (exact) mass is 434 g/mol. The highest BCUT2D eigenvalue weighted by Gasteiger charge is 2.33. The number of benzene rings is 3. The third-order valence-electron chi connectivity index (χ3n) is 5.04. The molecule has 30 heavy (non-hydrogen) atoms. The summed E-state index contributed by atoms with van der Waals surface area (Å²) in [6.45, 7) is 4.22. The number of thioether (sulfide) groups is 1. The topological polar surface area (TPSA) is 33.3 Å². The highest BCUT2D eigenvalue weighted by molar-refractivity contribution is 7.98. The molecule has 1 aliphatic heterocycles. The van der Waals surface area contributed by atoms with E-state index in [9.17, 15) is 0 Å². The van der Waals surface area contributed by atoms with E-state index in [4.69, 9.17) is 17.0 Å². The van der Waals surface area contributed by atoms with Crippen LogP contribution in [-0.4, -0.2) is 10.7 Å². The fourth-order valence-electron chi connectivity index (χ4n) is 3.62. The summed E-state index contributed by atoms with van der Waals surface area (Å²) in [5.41, 5.74) is 3.18. The van der Waals surface area contributed by atoms with Crippen molar-refractivity contribution in [3.8, 4) is 5.75 Å². The summed E-state index contributed by atoms with van der Waals surface area (Å²) in [5, 5.41) is 7.42. The van der Waals surface area contributed by atoms with Gasteiger partial charge in [-0.2, -0.15) is 0 Å². The Morgan fingerprint density at radius 2 is 1.70 bits per heavy atom. The lowest BCUT2D eigenvalue weighted by atomic mass is 9.90. The molecule has 0 aliphatic carbocycles. The second-order valence-corrected chi connectivity index (χ2v) is 9.51. The van der Waals surface area contributed by atoms with E-state index in [0.717, 1.165) is 29.2 Å². The van der Waals surface area contributed by atoms with Crippen LogP contribution in [-0.2, 0) is 5.75 Å². The third kappa shape index (κ3) is 5.35. The Morgan fingerprint density at radius 1 is 1.00 bits per heavy atom. The zero-order valence-corrected chi connectivity index (χ0v) is 18.9. The van der Waals surface area contributed by atoms with Crippen molar-refractivity contribution in [2.24, 2.45) is 0 Å². The molecule has 3 aromatic carbocycles. The van der Waals surface area contributed by atoms with Crippen molar-refractivity contribution in [2.75, 3.05) is 5.32 Å². The summed E-state index contributed by atoms with van der Waals surface area (Å²) in [7, 11) is 0. The van der Waals surface area contributed by atoms with Gasteiger partial charge in [0, 0.05) is 28.3 Å². The van der Waals surface area contributed by atoms with E-state index in [2.05, 4.69) is 79.1 Å². The molecule has 3 nitrogen and oxygen atoms in total. The number of ether oxygens (including phenoxy) is 1. The number of nitrogens with one attached hydrogen (secondary N) is 2. The fraction of sp³-hybridized carbons (Fsp3) is 0.240. The van der Waals surface area contributed by atoms with Gasteiger partial charge < -0.3 is 15.4 Å². The minimum absolute atomic E-state index is 0.117. The van der Waals surface area contributed by atoms with Crippen LogP contribution in [0.2, 0.25) is 0 Å². The van der Waals surface area contributed by atoms with Crippen LogP contribution in [0.4, 0.5) is 5.69 Å². The summed E-state index contributed by atoms with van der Waals surface area (Å²) in [6, 6.07) is 27.2. The van der Waals surface area contributed by atoms with E-state index >= 15 is 0 Å². The van der Waals surface area contributed by atoms with Gasteiger partial charge in [0.15, 0.2) is 5.11 Å². The average Bonchev–Trinajstić information content (AvgIpc) is 2.73. The molecule has 1 heterocycles. The summed E-state index contributed by atoms with van der Waals surface area (Å²) in [5.74, 6) is 1.87. The van der Waals surface area contributed by atoms with E-state index in [-0.39, 0.29) is 11.6 Å². The van der Waals surface area contributed by atoms with Crippen LogP contribution < -0.4 is 15.4 Å². The van der Waals surface area contributed by atoms with Crippen LogP contribution in [0.3, 0.4) is 0 Å². The molecule has 0 spiro atoms. The molecular weight excluding hydrogens is 408 g/mol. The highest BCUT2D eigenvalue weighted by Crippen LogP contribution is 2.39. The number of fused-ring (bicyclic) bond motifs is 1. The molecule has 1 unspecified atom stereocenters. The summed E-state index contributed by atoms with van der Waals surface area (Å²) in [4.78, 5) is 1.28. The Balaban J connectivity index is 1.35. The normalized spacial score (nSPS) is 16.8. The standard InChI is InChI=1S/C25H26N2OS2/c1-25(2)16-22(21-10-6-7-11-23(21)28-25)27-24(29)26-19-14-12-18(13-15-19)17-30-20-8-4-3-5-9-20/h3-15,22H,16-17H2,1-2H3,(H2,26,27,29). The maximum absolute atomic E-state index is 6.11. The maximum atomic E-state index is 6.11. The van der Waals surface area contributed by atoms with Crippen molar-refractivity contribution >= 4 is 34.8 Å². The van der Waals surface area contributed by atoms with Gasteiger partial charge in [-0.3, -0.25) is 0 Å². The molecule has 3 aromatic rings. The van der Waals surface area contributed by atoms with Crippen LogP contribution >= 0.6 is 24.0 Å². The number of para-hydroxylation sites is 1. The minimum atomic E-state index is -0.236. The number of hydrogen-bond donors (Lipinski definition) is 2. The van der Waals surface area contributed by atoms with Crippen LogP contribution in [0.5, 0.6) is 5.75 Å². The second-order valence-electron chi connectivity index (χ2n) is 8.05. The number of anilines is 1. The SMILES string of the molecule is CC1(C)CC(NC(=S)Nc2ccc(CSc3ccccc3)cc2)c2ccccc2O1. The molecule has 0 aromatic heterocycles. The molecule has 0 fully saturated rings. The van der Waals surface area contributed by atoms with Crippen molar-refractivity contribution < 1.29 is 4.74 Å². The first kappa shape index (κ1) is 20.8. The molecule has 5 heteroatoms. The van der Waals surface area contributed by atoms with Crippen molar-refractivity contribution in [1.82, 2.24) is 5.32 Å². The van der Waals surface area contributed by atoms with E-state index in [1.54, 1.807) is 0 Å². The fourth-order valence-corrected chi connectivity index (χ4v) is 4.76. The van der Waals surface area contributed by atoms with E-state index in [1.807, 2.05) is 36.0 Å². The molecule has 0 radical (unpaired) electrons. The van der Waals surface area contributed by atoms with Gasteiger partial charge in [0.2, 0.25) is 0 Å². The molecule has 0 bridgehead atoms. The van der Waals surface area contributed by atoms with Gasteiger partial charge in [-0.25, -0.2) is 0 Å². The quantitative estimate of drug-likeness (QED) is 0.351. The number of rotatable bonds is 5. The van der Waals surface area contributed by atoms with Gasteiger partial charge in [-0.1, -0.05) is 48.5 Å². The lowest BCUT2D eigenvalue weighted by molar-refractivity contribution is 0.0697. The van der Waals surface area contributed by atoms with Gasteiger partial charge in [0.25, 0.3) is 0 Å². The molecule has 4 rings (SSSR count). The first-order chi connectivity index (χ1) is 14.5. The Morgan fingerprint density at radius 3 is 2.47 bits per heavy atom. The van der Waals surface area contributed by atoms with Crippen LogP contribution in [0, 0.1) is 0 Å². The van der Waals surface area contributed by atoms with Crippen LogP contribution in [0.25, 0.3) is 0 Å². The highest BCUT2D eigenvalue weighted by atomic mass is 32.2. The number of hydrogen-bond acceptors (Lipinski definition) is 3. The second kappa shape index (κ2) is 9.11. The van der Waals surface area contributed by atoms with Gasteiger partial charge in [-0.15, -0.1) is 11.8 Å². The van der Waals surface area contributed by atoms with Crippen LogP contribution in [0.15, 0.2) is 83.8 Å². The summed E-state index contributed by atoms with van der Waals surface area (Å²) < 4.78 is 6.11. The Labute approximate surface area is 188 Å². The largest absolute Gasteiger partial charge is 0.487 e. The van der Waals surface area contributed by atoms with Crippen molar-refractivity contribution in [2.45, 2.75) is 42.6 Å². The van der Waals surface area contributed by atoms with E-state index < -0.39 is 0 Å². The predicted octanol–water partition coefficient (Wildman–Crippen LogP) is 6.57. The molecule has 154 valence electrons. The molecule has 2 N–H and O–H groups in total. The van der Waals surface area contributed by atoms with Crippen molar-refractivity contribution in [3.05, 3.63) is 90.0 Å². The predicted molar refractivity (Wildman–Crippen MR) is 130 cm³/mol. The minimum Gasteiger partial charge on any atom is -0.487 e. The molecule has 1 atom stereocenters. The lowest BCUT2D eigenvalue weighted by Gasteiger charge is -2.38. The van der Waals surface area contributed by atoms with Crippen LogP contribution in [0.1, 0.15) is 37.4 Å². The lowest BCUT2D eigenvalue weighted by Crippen LogP contribution is -2.42.